The monoisotopic (exact) mass is 407 g/mol. The summed E-state index contributed by atoms with van der Waals surface area (Å²) >= 11 is 0. The molecule has 0 aliphatic rings. The second kappa shape index (κ2) is 10.3. The zero-order valence-corrected chi connectivity index (χ0v) is 18.6. The van der Waals surface area contributed by atoms with Crippen molar-refractivity contribution in [3.63, 3.8) is 0 Å². The molecule has 0 unspecified atom stereocenters. The molecule has 0 saturated heterocycles. The number of aromatic nitrogens is 2. The number of benzene rings is 2. The first-order chi connectivity index (χ1) is 14.5. The number of rotatable bonds is 10. The Morgan fingerprint density at radius 1 is 1.20 bits per heavy atom. The quantitative estimate of drug-likeness (QED) is 0.481. The van der Waals surface area contributed by atoms with Crippen molar-refractivity contribution in [3.8, 4) is 5.75 Å². The van der Waals surface area contributed by atoms with E-state index in [-0.39, 0.29) is 5.91 Å². The number of imidazole rings is 1. The van der Waals surface area contributed by atoms with E-state index in [1.54, 1.807) is 0 Å². The maximum atomic E-state index is 11.5. The Kier molecular flexibility index (Phi) is 7.50. The molecule has 0 radical (unpaired) electrons. The molecule has 0 spiro atoms. The molecule has 5 nitrogen and oxygen atoms in total. The maximum absolute atomic E-state index is 11.5. The first kappa shape index (κ1) is 21.9. The second-order valence-corrected chi connectivity index (χ2v) is 8.02. The van der Waals surface area contributed by atoms with E-state index in [4.69, 9.17) is 9.72 Å². The molecule has 0 saturated carbocycles. The molecule has 30 heavy (non-hydrogen) atoms. The molecular weight excluding hydrogens is 374 g/mol. The lowest BCUT2D eigenvalue weighted by atomic mass is 10.0. The Hall–Kier alpha value is -2.82. The van der Waals surface area contributed by atoms with Gasteiger partial charge in [-0.25, -0.2) is 4.98 Å². The fourth-order valence-corrected chi connectivity index (χ4v) is 3.65. The van der Waals surface area contributed by atoms with Gasteiger partial charge in [0.2, 0.25) is 5.91 Å². The Balaban J connectivity index is 1.66. The van der Waals surface area contributed by atoms with Crippen molar-refractivity contribution >= 4 is 16.9 Å². The van der Waals surface area contributed by atoms with Crippen molar-refractivity contribution in [2.24, 2.45) is 0 Å². The van der Waals surface area contributed by atoms with Crippen LogP contribution >= 0.6 is 0 Å². The Morgan fingerprint density at radius 2 is 2.00 bits per heavy atom. The van der Waals surface area contributed by atoms with E-state index < -0.39 is 0 Å². The van der Waals surface area contributed by atoms with Crippen LogP contribution in [0, 0.1) is 6.92 Å². The van der Waals surface area contributed by atoms with E-state index in [0.717, 1.165) is 42.0 Å². The van der Waals surface area contributed by atoms with Gasteiger partial charge in [0.1, 0.15) is 11.6 Å². The number of hydrogen-bond donors (Lipinski definition) is 1. The van der Waals surface area contributed by atoms with Crippen molar-refractivity contribution in [1.29, 1.82) is 0 Å². The molecule has 5 heteroatoms. The smallest absolute Gasteiger partial charge is 0.219 e. The van der Waals surface area contributed by atoms with Crippen LogP contribution in [0.4, 0.5) is 0 Å². The molecule has 2 aromatic carbocycles. The Bertz CT molecular complexity index is 991. The molecule has 1 N–H and O–H groups in total. The number of para-hydroxylation sites is 2. The van der Waals surface area contributed by atoms with Crippen molar-refractivity contribution in [1.82, 2.24) is 14.9 Å². The third-order valence-electron chi connectivity index (χ3n) is 5.30. The number of amides is 1. The summed E-state index contributed by atoms with van der Waals surface area (Å²) in [6.07, 6.45) is 2.11. The predicted octanol–water partition coefficient (Wildman–Crippen LogP) is 5.01. The maximum Gasteiger partial charge on any atom is 0.219 e. The van der Waals surface area contributed by atoms with Crippen LogP contribution in [0.1, 0.15) is 56.5 Å². The molecule has 3 rings (SSSR count). The first-order valence-corrected chi connectivity index (χ1v) is 10.9. The summed E-state index contributed by atoms with van der Waals surface area (Å²) < 4.78 is 8.43. The molecule has 0 atom stereocenters. The lowest BCUT2D eigenvalue weighted by molar-refractivity contribution is -0.120. The molecule has 0 fully saturated rings. The fraction of sp³-hybridized carbons (Fsp3) is 0.440. The molecular formula is C25H33N3O2. The summed E-state index contributed by atoms with van der Waals surface area (Å²) in [5, 5.41) is 2.95. The number of nitrogens with one attached hydrogen (secondary N) is 1. The highest BCUT2D eigenvalue weighted by Crippen LogP contribution is 2.27. The normalized spacial score (nSPS) is 11.2. The van der Waals surface area contributed by atoms with Crippen LogP contribution in [0.15, 0.2) is 42.5 Å². The molecule has 0 aliphatic carbocycles. The number of fused-ring (bicyclic) bond motifs is 1. The van der Waals surface area contributed by atoms with E-state index in [2.05, 4.69) is 54.9 Å². The minimum absolute atomic E-state index is 0.0742. The van der Waals surface area contributed by atoms with E-state index >= 15 is 0 Å². The van der Waals surface area contributed by atoms with Crippen LogP contribution in [0.2, 0.25) is 0 Å². The van der Waals surface area contributed by atoms with Gasteiger partial charge < -0.3 is 14.6 Å². The molecule has 0 aliphatic heterocycles. The second-order valence-electron chi connectivity index (χ2n) is 8.02. The highest BCUT2D eigenvalue weighted by Gasteiger charge is 2.12. The largest absolute Gasteiger partial charge is 0.493 e. The molecule has 1 amide bonds. The van der Waals surface area contributed by atoms with Gasteiger partial charge in [-0.3, -0.25) is 4.79 Å². The number of ether oxygens (including phenoxy) is 1. The van der Waals surface area contributed by atoms with Gasteiger partial charge in [0.25, 0.3) is 0 Å². The summed E-state index contributed by atoms with van der Waals surface area (Å²) in [7, 11) is 0. The number of carbonyl (C=O) groups excluding carboxylic acids is 1. The average molecular weight is 408 g/mol. The summed E-state index contributed by atoms with van der Waals surface area (Å²) in [5.74, 6) is 2.50. The van der Waals surface area contributed by atoms with Gasteiger partial charge in [-0.2, -0.15) is 0 Å². The summed E-state index contributed by atoms with van der Waals surface area (Å²) in [5.41, 5.74) is 4.59. The van der Waals surface area contributed by atoms with Gasteiger partial charge >= 0.3 is 0 Å². The van der Waals surface area contributed by atoms with Crippen LogP contribution < -0.4 is 10.1 Å². The van der Waals surface area contributed by atoms with Gasteiger partial charge in [-0.05, 0) is 48.6 Å². The van der Waals surface area contributed by atoms with Crippen LogP contribution in [0.3, 0.4) is 0 Å². The number of hydrogen-bond acceptors (Lipinski definition) is 3. The summed E-state index contributed by atoms with van der Waals surface area (Å²) in [6.45, 7) is 10.4. The Labute approximate surface area is 179 Å². The van der Waals surface area contributed by atoms with Crippen LogP contribution in [0.5, 0.6) is 5.75 Å². The number of nitrogens with zero attached hydrogens (tertiary/aromatic N) is 2. The predicted molar refractivity (Wildman–Crippen MR) is 122 cm³/mol. The van der Waals surface area contributed by atoms with Crippen LogP contribution in [-0.4, -0.2) is 28.6 Å². The van der Waals surface area contributed by atoms with Crippen molar-refractivity contribution in [3.05, 3.63) is 59.4 Å². The molecule has 0 bridgehead atoms. The minimum Gasteiger partial charge on any atom is -0.493 e. The van der Waals surface area contributed by atoms with Crippen molar-refractivity contribution in [2.75, 3.05) is 13.2 Å². The van der Waals surface area contributed by atoms with Gasteiger partial charge in [-0.15, -0.1) is 0 Å². The molecule has 1 aromatic heterocycles. The zero-order valence-electron chi connectivity index (χ0n) is 18.6. The van der Waals surface area contributed by atoms with Crippen molar-refractivity contribution in [2.45, 2.75) is 59.4 Å². The third-order valence-corrected chi connectivity index (χ3v) is 5.30. The highest BCUT2D eigenvalue weighted by molar-refractivity contribution is 5.76. The summed E-state index contributed by atoms with van der Waals surface area (Å²) in [6, 6.07) is 14.6. The Morgan fingerprint density at radius 3 is 2.77 bits per heavy atom. The lowest BCUT2D eigenvalue weighted by Gasteiger charge is -2.15. The fourth-order valence-electron chi connectivity index (χ4n) is 3.65. The van der Waals surface area contributed by atoms with Gasteiger partial charge in [-0.1, -0.05) is 45.0 Å². The molecule has 160 valence electrons. The molecule has 3 aromatic rings. The van der Waals surface area contributed by atoms with E-state index in [9.17, 15) is 4.79 Å². The van der Waals surface area contributed by atoms with Gasteiger partial charge in [0.15, 0.2) is 0 Å². The van der Waals surface area contributed by atoms with E-state index in [0.29, 0.717) is 25.5 Å². The van der Waals surface area contributed by atoms with Gasteiger partial charge in [0, 0.05) is 25.9 Å². The topological polar surface area (TPSA) is 56.2 Å². The van der Waals surface area contributed by atoms with Crippen molar-refractivity contribution < 1.29 is 9.53 Å². The highest BCUT2D eigenvalue weighted by atomic mass is 16.5. The summed E-state index contributed by atoms with van der Waals surface area (Å²) in [4.78, 5) is 16.3. The zero-order chi connectivity index (χ0) is 21.5. The van der Waals surface area contributed by atoms with Crippen LogP contribution in [0.25, 0.3) is 11.0 Å². The average Bonchev–Trinajstić information content (AvgIpc) is 3.08. The third kappa shape index (κ3) is 5.41. The standard InChI is InChI=1S/C25H33N3O2/c1-5-25(29)26-14-13-24-27-21-9-6-7-10-22(21)28(24)15-8-16-30-23-17-19(4)11-12-20(23)18(2)3/h6-7,9-12,17-18H,5,8,13-16H2,1-4H3,(H,26,29). The lowest BCUT2D eigenvalue weighted by Crippen LogP contribution is -2.25. The first-order valence-electron chi connectivity index (χ1n) is 10.9. The number of aryl methyl sites for hydroxylation is 2. The number of carbonyl (C=O) groups is 1. The SMILES string of the molecule is CCC(=O)NCCc1nc2ccccc2n1CCCOc1cc(C)ccc1C(C)C. The minimum atomic E-state index is 0.0742. The van der Waals surface area contributed by atoms with Crippen LogP contribution in [-0.2, 0) is 17.8 Å². The van der Waals surface area contributed by atoms with Gasteiger partial charge in [0.05, 0.1) is 17.6 Å². The van der Waals surface area contributed by atoms with E-state index in [1.807, 2.05) is 25.1 Å². The van der Waals surface area contributed by atoms with E-state index in [1.165, 1.54) is 11.1 Å². The molecule has 1 heterocycles.